The number of hydrogen-bond acceptors (Lipinski definition) is 8. The van der Waals surface area contributed by atoms with Gasteiger partial charge < -0.3 is 24.4 Å². The molecule has 1 atom stereocenters. The number of halogens is 3. The molecule has 10 nitrogen and oxygen atoms in total. The van der Waals surface area contributed by atoms with Gasteiger partial charge in [0, 0.05) is 30.5 Å². The first-order valence-electron chi connectivity index (χ1n) is 11.0. The zero-order chi connectivity index (χ0) is 25.6. The number of carbonyl (C=O) groups is 2. The van der Waals surface area contributed by atoms with Crippen LogP contribution >= 0.6 is 0 Å². The lowest BCUT2D eigenvalue weighted by Gasteiger charge is -2.35. The summed E-state index contributed by atoms with van der Waals surface area (Å²) >= 11 is 0. The van der Waals surface area contributed by atoms with Crippen molar-refractivity contribution >= 4 is 23.5 Å². The monoisotopic (exact) mass is 502 g/mol. The van der Waals surface area contributed by atoms with Gasteiger partial charge in [0.15, 0.2) is 0 Å². The number of carbonyl (C=O) groups excluding carboxylic acids is 2. The van der Waals surface area contributed by atoms with Crippen LogP contribution in [0.1, 0.15) is 17.4 Å². The first-order chi connectivity index (χ1) is 17.1. The van der Waals surface area contributed by atoms with E-state index in [0.717, 1.165) is 17.7 Å². The molecule has 13 heteroatoms. The van der Waals surface area contributed by atoms with Gasteiger partial charge in [0.05, 0.1) is 25.1 Å². The molecule has 1 aromatic heterocycles. The van der Waals surface area contributed by atoms with Crippen molar-refractivity contribution in [2.45, 2.75) is 25.1 Å². The molecule has 1 fully saturated rings. The molecular weight excluding hydrogens is 481 g/mol. The second-order valence-corrected chi connectivity index (χ2v) is 8.58. The number of allylic oxidation sites excluding steroid dienone is 2. The van der Waals surface area contributed by atoms with Crippen LogP contribution in [0.15, 0.2) is 51.6 Å². The number of ether oxygens (including phenoxy) is 1. The van der Waals surface area contributed by atoms with Crippen molar-refractivity contribution in [1.29, 1.82) is 0 Å². The molecule has 188 valence electrons. The second-order valence-electron chi connectivity index (χ2n) is 8.58. The molecule has 0 spiro atoms. The summed E-state index contributed by atoms with van der Waals surface area (Å²) in [4.78, 5) is 36.0. The van der Waals surface area contributed by atoms with Crippen LogP contribution in [0.2, 0.25) is 0 Å². The number of alkyl halides is 3. The summed E-state index contributed by atoms with van der Waals surface area (Å²) in [5.41, 5.74) is 1.07. The van der Waals surface area contributed by atoms with Gasteiger partial charge >= 0.3 is 12.3 Å². The van der Waals surface area contributed by atoms with Crippen molar-refractivity contribution in [3.8, 4) is 11.4 Å². The minimum atomic E-state index is -4.49. The van der Waals surface area contributed by atoms with E-state index in [1.165, 1.54) is 23.1 Å². The summed E-state index contributed by atoms with van der Waals surface area (Å²) in [6, 6.07) is 4.50. The van der Waals surface area contributed by atoms with Gasteiger partial charge in [-0.1, -0.05) is 17.3 Å². The van der Waals surface area contributed by atoms with Crippen molar-refractivity contribution in [3.63, 3.8) is 0 Å². The number of hydrogen-bond donors (Lipinski definition) is 1. The number of benzene rings is 1. The highest BCUT2D eigenvalue weighted by atomic mass is 19.4. The van der Waals surface area contributed by atoms with Crippen LogP contribution in [-0.2, 0) is 9.53 Å². The van der Waals surface area contributed by atoms with Crippen molar-refractivity contribution in [2.24, 2.45) is 4.99 Å². The number of nitrogens with one attached hydrogen (secondary N) is 1. The number of amidine groups is 1. The highest BCUT2D eigenvalue weighted by Gasteiger charge is 2.39. The molecule has 1 aromatic carbocycles. The topological polar surface area (TPSA) is 113 Å². The van der Waals surface area contributed by atoms with Crippen LogP contribution in [-0.4, -0.2) is 76.7 Å². The van der Waals surface area contributed by atoms with Crippen molar-refractivity contribution in [2.75, 3.05) is 32.1 Å². The number of aliphatic imine (C=N–C) groups is 1. The zero-order valence-corrected chi connectivity index (χ0v) is 19.2. The van der Waals surface area contributed by atoms with Gasteiger partial charge in [-0.2, -0.15) is 18.2 Å². The predicted octanol–water partition coefficient (Wildman–Crippen LogP) is 3.25. The molecule has 4 heterocycles. The quantitative estimate of drug-likeness (QED) is 0.683. The Morgan fingerprint density at radius 3 is 2.75 bits per heavy atom. The molecule has 0 bridgehead atoms. The minimum Gasteiger partial charge on any atom is -0.453 e. The van der Waals surface area contributed by atoms with Crippen LogP contribution in [0.4, 0.5) is 23.7 Å². The van der Waals surface area contributed by atoms with E-state index in [2.05, 4.69) is 25.2 Å². The highest BCUT2D eigenvalue weighted by Crippen LogP contribution is 2.32. The summed E-state index contributed by atoms with van der Waals surface area (Å²) in [5.74, 6) is 0.323. The normalized spacial score (nSPS) is 19.4. The molecule has 1 unspecified atom stereocenters. The molecule has 1 N–H and O–H groups in total. The number of fused-ring (bicyclic) bond motifs is 1. The number of rotatable bonds is 4. The van der Waals surface area contributed by atoms with Crippen LogP contribution in [0.5, 0.6) is 0 Å². The average molecular weight is 502 g/mol. The summed E-state index contributed by atoms with van der Waals surface area (Å²) in [5, 5.41) is 6.86. The molecular formula is C23H21F3N6O4. The maximum atomic E-state index is 13.0. The lowest BCUT2D eigenvalue weighted by Crippen LogP contribution is -2.48. The second kappa shape index (κ2) is 8.81. The lowest BCUT2D eigenvalue weighted by atomic mass is 10.0. The van der Waals surface area contributed by atoms with E-state index in [1.807, 2.05) is 6.92 Å². The van der Waals surface area contributed by atoms with E-state index in [9.17, 15) is 22.8 Å². The Bertz CT molecular complexity index is 1310. The summed E-state index contributed by atoms with van der Waals surface area (Å²) in [6.07, 6.45) is -1.82. The average Bonchev–Trinajstić information content (AvgIpc) is 3.46. The highest BCUT2D eigenvalue weighted by molar-refractivity contribution is 6.05. The number of nitrogens with zero attached hydrogens (tertiary/aromatic N) is 5. The Kier molecular flexibility index (Phi) is 5.77. The van der Waals surface area contributed by atoms with Gasteiger partial charge in [-0.25, -0.2) is 4.79 Å². The van der Waals surface area contributed by atoms with Crippen molar-refractivity contribution in [1.82, 2.24) is 19.9 Å². The Labute approximate surface area is 203 Å². The van der Waals surface area contributed by atoms with E-state index in [1.54, 1.807) is 18.2 Å². The molecule has 2 aromatic rings. The third-order valence-electron chi connectivity index (χ3n) is 6.21. The molecule has 3 aliphatic heterocycles. The van der Waals surface area contributed by atoms with E-state index in [0.29, 0.717) is 36.1 Å². The Hall–Kier alpha value is -4.16. The number of aromatic nitrogens is 2. The fourth-order valence-electron chi connectivity index (χ4n) is 4.09. The van der Waals surface area contributed by atoms with Gasteiger partial charge in [-0.3, -0.25) is 9.79 Å². The third-order valence-corrected chi connectivity index (χ3v) is 6.21. The molecule has 1 saturated heterocycles. The Morgan fingerprint density at radius 1 is 1.25 bits per heavy atom. The Morgan fingerprint density at radius 2 is 2.03 bits per heavy atom. The van der Waals surface area contributed by atoms with Gasteiger partial charge in [0.25, 0.3) is 0 Å². The SMILES string of the molecule is COC(=O)N1CC(c2nc(-c3ccc(C)c(NC(=O)C4CN=C5C=C(C(F)(F)F)C=CN54)c3)no2)C1. The van der Waals surface area contributed by atoms with Crippen LogP contribution in [0, 0.1) is 6.92 Å². The first kappa shape index (κ1) is 23.6. The maximum Gasteiger partial charge on any atom is 0.416 e. The van der Waals surface area contributed by atoms with Gasteiger partial charge in [-0.05, 0) is 30.7 Å². The molecule has 5 rings (SSSR count). The number of likely N-dealkylation sites (tertiary alicyclic amines) is 1. The molecule has 2 amide bonds. The van der Waals surface area contributed by atoms with E-state index < -0.39 is 29.8 Å². The van der Waals surface area contributed by atoms with Crippen molar-refractivity contribution in [3.05, 3.63) is 53.6 Å². The van der Waals surface area contributed by atoms with Gasteiger partial charge in [0.2, 0.25) is 17.6 Å². The largest absolute Gasteiger partial charge is 0.453 e. The molecule has 36 heavy (non-hydrogen) atoms. The van der Waals surface area contributed by atoms with Crippen LogP contribution in [0.25, 0.3) is 11.4 Å². The molecule has 0 aliphatic carbocycles. The smallest absolute Gasteiger partial charge is 0.416 e. The zero-order valence-electron chi connectivity index (χ0n) is 19.2. The lowest BCUT2D eigenvalue weighted by molar-refractivity contribution is -0.118. The number of amides is 2. The molecule has 3 aliphatic rings. The summed E-state index contributed by atoms with van der Waals surface area (Å²) in [6.45, 7) is 2.68. The number of aryl methyl sites for hydroxylation is 1. The minimum absolute atomic E-state index is 0.0318. The predicted molar refractivity (Wildman–Crippen MR) is 121 cm³/mol. The van der Waals surface area contributed by atoms with Crippen LogP contribution < -0.4 is 5.32 Å². The summed E-state index contributed by atoms with van der Waals surface area (Å²) in [7, 11) is 1.32. The standard InChI is InChI=1S/C23H21F3N6O4/c1-12-3-4-13(19-29-21(36-30-19)14-10-31(11-14)22(34)35-2)7-16(12)28-20(33)17-9-27-18-8-15(23(24,25)26)5-6-32(17)18/h3-8,14,17H,9-11H2,1-2H3,(H,28,33). The summed E-state index contributed by atoms with van der Waals surface area (Å²) < 4.78 is 49.0. The van der Waals surface area contributed by atoms with E-state index in [4.69, 9.17) is 4.52 Å². The van der Waals surface area contributed by atoms with Crippen LogP contribution in [0.3, 0.4) is 0 Å². The van der Waals surface area contributed by atoms with Gasteiger partial charge in [-0.15, -0.1) is 0 Å². The van der Waals surface area contributed by atoms with E-state index >= 15 is 0 Å². The fraction of sp³-hybridized carbons (Fsp3) is 0.348. The number of anilines is 1. The maximum absolute atomic E-state index is 13.0. The fourth-order valence-corrected chi connectivity index (χ4v) is 4.09. The van der Waals surface area contributed by atoms with E-state index in [-0.39, 0.29) is 18.3 Å². The number of methoxy groups -OCH3 is 1. The molecule has 0 saturated carbocycles. The Balaban J connectivity index is 1.26. The third kappa shape index (κ3) is 4.32. The first-order valence-corrected chi connectivity index (χ1v) is 11.0. The molecule has 0 radical (unpaired) electrons. The van der Waals surface area contributed by atoms with Crippen molar-refractivity contribution < 1.29 is 32.0 Å². The van der Waals surface area contributed by atoms with Gasteiger partial charge in [0.1, 0.15) is 11.9 Å².